The molecule has 2 N–H and O–H groups in total. The molecule has 2 atom stereocenters. The minimum Gasteiger partial charge on any atom is -0.508 e. The first-order chi connectivity index (χ1) is 7.54. The topological polar surface area (TPSA) is 32.3 Å². The highest BCUT2D eigenvalue weighted by Gasteiger charge is 2.13. The molecule has 1 aromatic carbocycles. The van der Waals surface area contributed by atoms with Crippen LogP contribution < -0.4 is 5.32 Å². The van der Waals surface area contributed by atoms with Crippen molar-refractivity contribution in [3.8, 4) is 18.1 Å². The normalized spacial score (nSPS) is 14.1. The highest BCUT2D eigenvalue weighted by atomic mass is 19.1. The van der Waals surface area contributed by atoms with Crippen LogP contribution >= 0.6 is 0 Å². The quantitative estimate of drug-likeness (QED) is 0.766. The lowest BCUT2D eigenvalue weighted by atomic mass is 10.1. The van der Waals surface area contributed by atoms with E-state index in [1.165, 1.54) is 6.07 Å². The summed E-state index contributed by atoms with van der Waals surface area (Å²) in [5.74, 6) is 2.08. The highest BCUT2D eigenvalue weighted by molar-refractivity contribution is 5.29. The number of nitrogens with one attached hydrogen (secondary N) is 1. The van der Waals surface area contributed by atoms with E-state index >= 15 is 0 Å². The summed E-state index contributed by atoms with van der Waals surface area (Å²) in [6.07, 6.45) is 5.80. The van der Waals surface area contributed by atoms with Crippen molar-refractivity contribution in [3.05, 3.63) is 29.6 Å². The third kappa shape index (κ3) is 3.25. The van der Waals surface area contributed by atoms with Gasteiger partial charge in [-0.15, -0.1) is 12.3 Å². The van der Waals surface area contributed by atoms with Crippen LogP contribution in [0.5, 0.6) is 5.75 Å². The number of rotatable bonds is 4. The molecule has 0 saturated carbocycles. The minimum absolute atomic E-state index is 0.0647. The minimum atomic E-state index is -0.409. The van der Waals surface area contributed by atoms with E-state index in [0.717, 1.165) is 6.07 Å². The Kier molecular flexibility index (Phi) is 4.33. The fraction of sp³-hybridized carbons (Fsp3) is 0.385. The molecule has 0 aromatic heterocycles. The van der Waals surface area contributed by atoms with Gasteiger partial charge in [-0.3, -0.25) is 0 Å². The number of hydrogen-bond acceptors (Lipinski definition) is 2. The Morgan fingerprint density at radius 1 is 1.50 bits per heavy atom. The van der Waals surface area contributed by atoms with Crippen LogP contribution in [0.2, 0.25) is 0 Å². The first-order valence-corrected chi connectivity index (χ1v) is 5.22. The third-order valence-corrected chi connectivity index (χ3v) is 2.41. The first-order valence-electron chi connectivity index (χ1n) is 5.22. The third-order valence-electron chi connectivity index (χ3n) is 2.41. The summed E-state index contributed by atoms with van der Waals surface area (Å²) in [5.41, 5.74) is 0.529. The van der Waals surface area contributed by atoms with Gasteiger partial charge >= 0.3 is 0 Å². The van der Waals surface area contributed by atoms with Crippen LogP contribution in [-0.4, -0.2) is 11.1 Å². The van der Waals surface area contributed by atoms with Crippen molar-refractivity contribution in [2.24, 2.45) is 0 Å². The Morgan fingerprint density at radius 2 is 2.19 bits per heavy atom. The maximum Gasteiger partial charge on any atom is 0.131 e. The average molecular weight is 221 g/mol. The van der Waals surface area contributed by atoms with Gasteiger partial charge in [0.2, 0.25) is 0 Å². The average Bonchev–Trinajstić information content (AvgIpc) is 2.17. The van der Waals surface area contributed by atoms with Crippen LogP contribution in [0.1, 0.15) is 31.9 Å². The molecule has 0 heterocycles. The number of hydrogen-bond donors (Lipinski definition) is 2. The number of benzene rings is 1. The molecule has 0 spiro atoms. The van der Waals surface area contributed by atoms with Crippen molar-refractivity contribution in [2.45, 2.75) is 32.4 Å². The van der Waals surface area contributed by atoms with Gasteiger partial charge in [0, 0.05) is 30.1 Å². The van der Waals surface area contributed by atoms with E-state index in [2.05, 4.69) is 11.2 Å². The van der Waals surface area contributed by atoms with Crippen LogP contribution in [0.3, 0.4) is 0 Å². The largest absolute Gasteiger partial charge is 0.508 e. The Morgan fingerprint density at radius 3 is 2.75 bits per heavy atom. The molecular formula is C13H16FNO. The van der Waals surface area contributed by atoms with Gasteiger partial charge in [0.25, 0.3) is 0 Å². The van der Waals surface area contributed by atoms with E-state index in [4.69, 9.17) is 11.5 Å². The van der Waals surface area contributed by atoms with E-state index in [1.54, 1.807) is 6.07 Å². The van der Waals surface area contributed by atoms with E-state index in [1.807, 2.05) is 13.8 Å². The summed E-state index contributed by atoms with van der Waals surface area (Å²) in [7, 11) is 0. The number of halogens is 1. The van der Waals surface area contributed by atoms with E-state index in [0.29, 0.717) is 12.0 Å². The van der Waals surface area contributed by atoms with Crippen molar-refractivity contribution in [1.82, 2.24) is 5.32 Å². The Hall–Kier alpha value is -1.53. The zero-order valence-corrected chi connectivity index (χ0v) is 9.50. The maximum atomic E-state index is 13.5. The molecule has 0 aliphatic carbocycles. The van der Waals surface area contributed by atoms with Crippen LogP contribution in [0.25, 0.3) is 0 Å². The number of aromatic hydroxyl groups is 1. The van der Waals surface area contributed by atoms with E-state index in [-0.39, 0.29) is 17.8 Å². The molecule has 86 valence electrons. The van der Waals surface area contributed by atoms with Gasteiger partial charge in [0.1, 0.15) is 11.6 Å². The molecule has 2 nitrogen and oxygen atoms in total. The second-order valence-electron chi connectivity index (χ2n) is 3.90. The Labute approximate surface area is 95.5 Å². The smallest absolute Gasteiger partial charge is 0.131 e. The second-order valence-corrected chi connectivity index (χ2v) is 3.90. The molecule has 2 unspecified atom stereocenters. The molecule has 16 heavy (non-hydrogen) atoms. The monoisotopic (exact) mass is 221 g/mol. The molecule has 0 radical (unpaired) electrons. The van der Waals surface area contributed by atoms with Gasteiger partial charge in [-0.25, -0.2) is 4.39 Å². The second kappa shape index (κ2) is 5.53. The summed E-state index contributed by atoms with van der Waals surface area (Å²) in [6, 6.07) is 4.16. The first kappa shape index (κ1) is 12.5. The van der Waals surface area contributed by atoms with Crippen molar-refractivity contribution in [1.29, 1.82) is 0 Å². The molecule has 0 fully saturated rings. The zero-order valence-electron chi connectivity index (χ0n) is 9.50. The molecule has 0 aliphatic heterocycles. The van der Waals surface area contributed by atoms with Crippen LogP contribution in [0.4, 0.5) is 4.39 Å². The fourth-order valence-electron chi connectivity index (χ4n) is 1.62. The Bertz CT molecular complexity index is 397. The lowest BCUT2D eigenvalue weighted by molar-refractivity contribution is 0.452. The molecule has 0 aliphatic rings. The molecule has 1 aromatic rings. The number of phenolic OH excluding ortho intramolecular Hbond substituents is 1. The van der Waals surface area contributed by atoms with Gasteiger partial charge in [0.15, 0.2) is 0 Å². The SMILES string of the molecule is C#CCC(C)NC(C)c1ccc(O)cc1F. The van der Waals surface area contributed by atoms with Crippen LogP contribution in [-0.2, 0) is 0 Å². The van der Waals surface area contributed by atoms with Crippen LogP contribution in [0.15, 0.2) is 18.2 Å². The summed E-state index contributed by atoms with van der Waals surface area (Å²) in [6.45, 7) is 3.82. The van der Waals surface area contributed by atoms with Crippen molar-refractivity contribution in [3.63, 3.8) is 0 Å². The Balaban J connectivity index is 2.73. The van der Waals surface area contributed by atoms with E-state index in [9.17, 15) is 4.39 Å². The molecule has 3 heteroatoms. The van der Waals surface area contributed by atoms with Gasteiger partial charge in [-0.05, 0) is 19.9 Å². The van der Waals surface area contributed by atoms with Crippen molar-refractivity contribution in [2.75, 3.05) is 0 Å². The van der Waals surface area contributed by atoms with Gasteiger partial charge in [-0.2, -0.15) is 0 Å². The summed E-state index contributed by atoms with van der Waals surface area (Å²) < 4.78 is 13.5. The molecular weight excluding hydrogens is 205 g/mol. The van der Waals surface area contributed by atoms with Crippen molar-refractivity contribution >= 4 is 0 Å². The fourth-order valence-corrected chi connectivity index (χ4v) is 1.62. The van der Waals surface area contributed by atoms with Crippen LogP contribution in [0, 0.1) is 18.2 Å². The molecule has 0 amide bonds. The standard InChI is InChI=1S/C13H16FNO/c1-4-5-9(2)15-10(3)12-7-6-11(16)8-13(12)14/h1,6-10,15-16H,5H2,2-3H3. The summed E-state index contributed by atoms with van der Waals surface area (Å²) in [5, 5.41) is 12.3. The lowest BCUT2D eigenvalue weighted by Crippen LogP contribution is -2.29. The van der Waals surface area contributed by atoms with E-state index < -0.39 is 5.82 Å². The van der Waals surface area contributed by atoms with Gasteiger partial charge in [0.05, 0.1) is 0 Å². The molecule has 1 rings (SSSR count). The number of phenols is 1. The number of terminal acetylenes is 1. The molecule has 0 bridgehead atoms. The van der Waals surface area contributed by atoms with Gasteiger partial charge < -0.3 is 10.4 Å². The van der Waals surface area contributed by atoms with Crippen molar-refractivity contribution < 1.29 is 9.50 Å². The highest BCUT2D eigenvalue weighted by Crippen LogP contribution is 2.21. The predicted octanol–water partition coefficient (Wildman–Crippen LogP) is 2.59. The summed E-state index contributed by atoms with van der Waals surface area (Å²) >= 11 is 0. The zero-order chi connectivity index (χ0) is 12.1. The molecule has 0 saturated heterocycles. The maximum absolute atomic E-state index is 13.5. The van der Waals surface area contributed by atoms with Gasteiger partial charge in [-0.1, -0.05) is 6.07 Å². The lowest BCUT2D eigenvalue weighted by Gasteiger charge is -2.19. The summed E-state index contributed by atoms with van der Waals surface area (Å²) in [4.78, 5) is 0. The predicted molar refractivity (Wildman–Crippen MR) is 62.5 cm³/mol.